The number of hydrogen-bond donors (Lipinski definition) is 2. The molecular weight excluding hydrogens is 396 g/mol. The number of aryl methyl sites for hydroxylation is 1. The van der Waals surface area contributed by atoms with Gasteiger partial charge in [-0.25, -0.2) is 4.79 Å². The topological polar surface area (TPSA) is 97.6 Å². The van der Waals surface area contributed by atoms with E-state index in [4.69, 9.17) is 4.74 Å². The van der Waals surface area contributed by atoms with Gasteiger partial charge in [0.25, 0.3) is 11.5 Å². The number of aromatic hydroxyl groups is 1. The molecule has 0 unspecified atom stereocenters. The molecule has 0 aliphatic rings. The number of nitrogens with zero attached hydrogens (tertiary/aromatic N) is 1. The smallest absolute Gasteiger partial charge is 0.340 e. The van der Waals surface area contributed by atoms with Gasteiger partial charge in [0.05, 0.1) is 23.4 Å². The number of esters is 1. The number of aromatic nitrogens is 1. The summed E-state index contributed by atoms with van der Waals surface area (Å²) in [5.41, 5.74) is 0.0230. The van der Waals surface area contributed by atoms with Crippen LogP contribution in [0.5, 0.6) is 5.75 Å². The van der Waals surface area contributed by atoms with Crippen LogP contribution in [0.2, 0.25) is 0 Å². The molecule has 7 nitrogen and oxygen atoms in total. The van der Waals surface area contributed by atoms with E-state index in [9.17, 15) is 19.5 Å². The van der Waals surface area contributed by atoms with Crippen LogP contribution in [-0.2, 0) is 11.3 Å². The lowest BCUT2D eigenvalue weighted by atomic mass is 10.1. The maximum Gasteiger partial charge on any atom is 0.340 e. The first-order valence-corrected chi connectivity index (χ1v) is 10.4. The van der Waals surface area contributed by atoms with Crippen molar-refractivity contribution in [1.82, 2.24) is 4.57 Å². The third kappa shape index (κ3) is 4.60. The molecule has 0 fully saturated rings. The molecule has 1 amide bonds. The standard InChI is InChI=1S/C24H26N2O5/c1-3-5-14-26-19-13-9-7-11-17(19)21(27)20(23(26)29)22(28)25-18-12-8-6-10-16(18)24(30)31-15-4-2/h6-13,27H,3-5,14-15H2,1-2H3,(H,25,28). The average molecular weight is 422 g/mol. The largest absolute Gasteiger partial charge is 0.506 e. The molecule has 3 aromatic rings. The zero-order chi connectivity index (χ0) is 22.4. The van der Waals surface area contributed by atoms with E-state index >= 15 is 0 Å². The van der Waals surface area contributed by atoms with Crippen LogP contribution >= 0.6 is 0 Å². The number of nitrogens with one attached hydrogen (secondary N) is 1. The van der Waals surface area contributed by atoms with Crippen molar-refractivity contribution in [2.24, 2.45) is 0 Å². The number of para-hydroxylation sites is 2. The number of rotatable bonds is 8. The molecule has 162 valence electrons. The second-order valence-electron chi connectivity index (χ2n) is 7.19. The molecule has 1 aromatic heterocycles. The van der Waals surface area contributed by atoms with E-state index in [1.54, 1.807) is 42.5 Å². The number of hydrogen-bond acceptors (Lipinski definition) is 5. The van der Waals surface area contributed by atoms with Gasteiger partial charge < -0.3 is 19.7 Å². The number of fused-ring (bicyclic) bond motifs is 1. The van der Waals surface area contributed by atoms with E-state index in [0.29, 0.717) is 23.9 Å². The molecule has 3 rings (SSSR count). The molecule has 0 aliphatic heterocycles. The van der Waals surface area contributed by atoms with Crippen LogP contribution in [0.4, 0.5) is 5.69 Å². The number of amides is 1. The summed E-state index contributed by atoms with van der Waals surface area (Å²) in [7, 11) is 0. The Morgan fingerprint density at radius 1 is 1.03 bits per heavy atom. The number of ether oxygens (including phenoxy) is 1. The van der Waals surface area contributed by atoms with Crippen LogP contribution < -0.4 is 10.9 Å². The minimum absolute atomic E-state index is 0.177. The molecule has 31 heavy (non-hydrogen) atoms. The molecule has 2 N–H and O–H groups in total. The first-order valence-electron chi connectivity index (χ1n) is 10.4. The van der Waals surface area contributed by atoms with Crippen molar-refractivity contribution in [1.29, 1.82) is 0 Å². The van der Waals surface area contributed by atoms with Gasteiger partial charge >= 0.3 is 5.97 Å². The quantitative estimate of drug-likeness (QED) is 0.527. The van der Waals surface area contributed by atoms with Gasteiger partial charge in [0, 0.05) is 11.9 Å². The first-order chi connectivity index (χ1) is 15.0. The monoisotopic (exact) mass is 422 g/mol. The Hall–Kier alpha value is -3.61. The summed E-state index contributed by atoms with van der Waals surface area (Å²) in [5, 5.41) is 13.8. The average Bonchev–Trinajstić information content (AvgIpc) is 2.78. The van der Waals surface area contributed by atoms with Gasteiger partial charge in [0.2, 0.25) is 0 Å². The Morgan fingerprint density at radius 3 is 2.48 bits per heavy atom. The molecule has 0 saturated carbocycles. The van der Waals surface area contributed by atoms with Gasteiger partial charge in [-0.05, 0) is 37.1 Å². The predicted molar refractivity (Wildman–Crippen MR) is 120 cm³/mol. The SMILES string of the molecule is CCCCn1c(=O)c(C(=O)Nc2ccccc2C(=O)OCCC)c(O)c2ccccc21. The van der Waals surface area contributed by atoms with E-state index in [1.807, 2.05) is 13.8 Å². The van der Waals surface area contributed by atoms with Crippen molar-refractivity contribution < 1.29 is 19.4 Å². The van der Waals surface area contributed by atoms with Crippen molar-refractivity contribution in [3.05, 3.63) is 70.0 Å². The van der Waals surface area contributed by atoms with Gasteiger partial charge in [-0.3, -0.25) is 9.59 Å². The van der Waals surface area contributed by atoms with Gasteiger partial charge in [-0.1, -0.05) is 44.5 Å². The Balaban J connectivity index is 2.05. The van der Waals surface area contributed by atoms with Crippen LogP contribution in [0, 0.1) is 0 Å². The second-order valence-corrected chi connectivity index (χ2v) is 7.19. The normalized spacial score (nSPS) is 10.8. The van der Waals surface area contributed by atoms with Crippen molar-refractivity contribution in [2.45, 2.75) is 39.7 Å². The molecule has 0 atom stereocenters. The number of anilines is 1. The Labute approximate surface area is 180 Å². The lowest BCUT2D eigenvalue weighted by Gasteiger charge is -2.15. The molecule has 2 aromatic carbocycles. The van der Waals surface area contributed by atoms with E-state index in [0.717, 1.165) is 12.8 Å². The molecular formula is C24H26N2O5. The highest BCUT2D eigenvalue weighted by Gasteiger charge is 2.23. The molecule has 7 heteroatoms. The fourth-order valence-electron chi connectivity index (χ4n) is 3.36. The Morgan fingerprint density at radius 2 is 1.74 bits per heavy atom. The van der Waals surface area contributed by atoms with Crippen LogP contribution in [0.15, 0.2) is 53.3 Å². The summed E-state index contributed by atoms with van der Waals surface area (Å²) in [4.78, 5) is 38.6. The Kier molecular flexibility index (Phi) is 7.07. The van der Waals surface area contributed by atoms with E-state index in [2.05, 4.69) is 5.32 Å². The summed E-state index contributed by atoms with van der Waals surface area (Å²) in [6.07, 6.45) is 2.29. The third-order valence-electron chi connectivity index (χ3n) is 4.94. The van der Waals surface area contributed by atoms with Gasteiger partial charge in [0.15, 0.2) is 0 Å². The van der Waals surface area contributed by atoms with Gasteiger partial charge in [-0.2, -0.15) is 0 Å². The highest BCUT2D eigenvalue weighted by molar-refractivity contribution is 6.11. The lowest BCUT2D eigenvalue weighted by molar-refractivity contribution is 0.0506. The fourth-order valence-corrected chi connectivity index (χ4v) is 3.36. The molecule has 0 aliphatic carbocycles. The van der Waals surface area contributed by atoms with Crippen LogP contribution in [0.1, 0.15) is 53.8 Å². The minimum Gasteiger partial charge on any atom is -0.506 e. The van der Waals surface area contributed by atoms with E-state index in [-0.39, 0.29) is 29.2 Å². The molecule has 0 saturated heterocycles. The van der Waals surface area contributed by atoms with Crippen molar-refractivity contribution >= 4 is 28.5 Å². The second kappa shape index (κ2) is 9.93. The highest BCUT2D eigenvalue weighted by atomic mass is 16.5. The predicted octanol–water partition coefficient (Wildman–Crippen LogP) is 4.33. The number of carbonyl (C=O) groups excluding carboxylic acids is 2. The van der Waals surface area contributed by atoms with Crippen LogP contribution in [-0.4, -0.2) is 28.2 Å². The number of pyridine rings is 1. The summed E-state index contributed by atoms with van der Waals surface area (Å²) in [5.74, 6) is -1.73. The van der Waals surface area contributed by atoms with Crippen molar-refractivity contribution in [2.75, 3.05) is 11.9 Å². The molecule has 0 bridgehead atoms. The number of unbranched alkanes of at least 4 members (excludes halogenated alkanes) is 1. The maximum absolute atomic E-state index is 13.2. The number of benzene rings is 2. The summed E-state index contributed by atoms with van der Waals surface area (Å²) < 4.78 is 6.68. The van der Waals surface area contributed by atoms with Gasteiger partial charge in [-0.15, -0.1) is 0 Å². The zero-order valence-electron chi connectivity index (χ0n) is 17.7. The van der Waals surface area contributed by atoms with Crippen molar-refractivity contribution in [3.63, 3.8) is 0 Å². The fraction of sp³-hybridized carbons (Fsp3) is 0.292. The first kappa shape index (κ1) is 22.1. The molecule has 0 spiro atoms. The lowest BCUT2D eigenvalue weighted by Crippen LogP contribution is -2.30. The summed E-state index contributed by atoms with van der Waals surface area (Å²) in [6, 6.07) is 13.3. The maximum atomic E-state index is 13.2. The van der Waals surface area contributed by atoms with E-state index in [1.165, 1.54) is 10.6 Å². The number of carbonyl (C=O) groups is 2. The zero-order valence-corrected chi connectivity index (χ0v) is 17.7. The summed E-state index contributed by atoms with van der Waals surface area (Å²) in [6.45, 7) is 4.58. The van der Waals surface area contributed by atoms with Crippen molar-refractivity contribution in [3.8, 4) is 5.75 Å². The minimum atomic E-state index is -0.783. The third-order valence-corrected chi connectivity index (χ3v) is 4.94. The molecule has 0 radical (unpaired) electrons. The Bertz CT molecular complexity index is 1170. The van der Waals surface area contributed by atoms with Crippen LogP contribution in [0.3, 0.4) is 0 Å². The summed E-state index contributed by atoms with van der Waals surface area (Å²) >= 11 is 0. The van der Waals surface area contributed by atoms with Crippen LogP contribution in [0.25, 0.3) is 10.9 Å². The van der Waals surface area contributed by atoms with Gasteiger partial charge in [0.1, 0.15) is 11.3 Å². The highest BCUT2D eigenvalue weighted by Crippen LogP contribution is 2.27. The van der Waals surface area contributed by atoms with E-state index < -0.39 is 17.4 Å². The molecule has 1 heterocycles.